The van der Waals surface area contributed by atoms with Crippen LogP contribution in [0.3, 0.4) is 0 Å². The van der Waals surface area contributed by atoms with E-state index in [1.54, 1.807) is 0 Å². The number of aliphatic hydroxyl groups is 1. The summed E-state index contributed by atoms with van der Waals surface area (Å²) in [5.41, 5.74) is 0.770. The molecule has 2 rings (SSSR count). The molecule has 1 aliphatic carbocycles. The lowest BCUT2D eigenvalue weighted by molar-refractivity contribution is 0.0145. The van der Waals surface area contributed by atoms with Crippen LogP contribution in [0.5, 0.6) is 0 Å². The Morgan fingerprint density at radius 3 is 2.76 bits per heavy atom. The fourth-order valence-electron chi connectivity index (χ4n) is 2.72. The van der Waals surface area contributed by atoms with E-state index in [4.69, 9.17) is 0 Å². The fraction of sp³-hybridized carbons (Fsp3) is 0.769. The van der Waals surface area contributed by atoms with Crippen LogP contribution < -0.4 is 0 Å². The van der Waals surface area contributed by atoms with E-state index in [2.05, 4.69) is 30.2 Å². The third kappa shape index (κ3) is 3.30. The van der Waals surface area contributed by atoms with Gasteiger partial charge in [0.15, 0.2) is 0 Å². The Bertz CT molecular complexity index is 355. The summed E-state index contributed by atoms with van der Waals surface area (Å²) in [6, 6.07) is 0. The molecule has 1 saturated carbocycles. The molecule has 0 radical (unpaired) electrons. The van der Waals surface area contributed by atoms with Gasteiger partial charge in [-0.05, 0) is 26.8 Å². The summed E-state index contributed by atoms with van der Waals surface area (Å²) >= 11 is 0. The van der Waals surface area contributed by atoms with Crippen molar-refractivity contribution >= 4 is 0 Å². The first-order valence-electron chi connectivity index (χ1n) is 6.53. The maximum Gasteiger partial charge on any atom is 0.0774 e. The Kier molecular flexibility index (Phi) is 3.84. The van der Waals surface area contributed by atoms with E-state index in [9.17, 15) is 5.11 Å². The summed E-state index contributed by atoms with van der Waals surface area (Å²) in [5, 5.41) is 14.6. The van der Waals surface area contributed by atoms with Gasteiger partial charge in [0.2, 0.25) is 0 Å². The molecule has 1 N–H and O–H groups in total. The van der Waals surface area contributed by atoms with Gasteiger partial charge in [-0.2, -0.15) is 5.10 Å². The minimum atomic E-state index is -0.449. The molecule has 0 spiro atoms. The molecule has 4 nitrogen and oxygen atoms in total. The van der Waals surface area contributed by atoms with Gasteiger partial charge in [-0.25, -0.2) is 0 Å². The van der Waals surface area contributed by atoms with Gasteiger partial charge >= 0.3 is 0 Å². The Morgan fingerprint density at radius 1 is 1.47 bits per heavy atom. The molecule has 4 heteroatoms. The van der Waals surface area contributed by atoms with Gasteiger partial charge in [-0.15, -0.1) is 0 Å². The number of hydrogen-bond donors (Lipinski definition) is 1. The second kappa shape index (κ2) is 5.19. The zero-order valence-electron chi connectivity index (χ0n) is 10.9. The molecular weight excluding hydrogens is 214 g/mol. The lowest BCUT2D eigenvalue weighted by Gasteiger charge is -2.28. The summed E-state index contributed by atoms with van der Waals surface area (Å²) in [7, 11) is 2.07. The molecule has 0 saturated heterocycles. The fourth-order valence-corrected chi connectivity index (χ4v) is 2.72. The van der Waals surface area contributed by atoms with Gasteiger partial charge in [0.1, 0.15) is 0 Å². The largest absolute Gasteiger partial charge is 0.389 e. The van der Waals surface area contributed by atoms with Crippen molar-refractivity contribution in [3.63, 3.8) is 0 Å². The van der Waals surface area contributed by atoms with Crippen LogP contribution in [0, 0.1) is 0 Å². The molecular formula is C13H23N3O. The van der Waals surface area contributed by atoms with Crippen molar-refractivity contribution < 1.29 is 5.11 Å². The second-order valence-corrected chi connectivity index (χ2v) is 5.31. The second-order valence-electron chi connectivity index (χ2n) is 5.31. The number of rotatable bonds is 5. The van der Waals surface area contributed by atoms with Gasteiger partial charge in [0.05, 0.1) is 11.8 Å². The third-order valence-electron chi connectivity index (χ3n) is 3.56. The van der Waals surface area contributed by atoms with Gasteiger partial charge in [0, 0.05) is 31.4 Å². The van der Waals surface area contributed by atoms with Crippen molar-refractivity contribution in [2.75, 3.05) is 13.6 Å². The van der Waals surface area contributed by atoms with Gasteiger partial charge in [-0.3, -0.25) is 9.58 Å². The Hall–Kier alpha value is -0.870. The highest BCUT2D eigenvalue weighted by molar-refractivity contribution is 5.03. The van der Waals surface area contributed by atoms with Gasteiger partial charge in [-0.1, -0.05) is 12.8 Å². The highest BCUT2D eigenvalue weighted by Gasteiger charge is 2.32. The molecule has 1 fully saturated rings. The Balaban J connectivity index is 1.86. The van der Waals surface area contributed by atoms with Crippen LogP contribution in [0.25, 0.3) is 0 Å². The minimum absolute atomic E-state index is 0.449. The average molecular weight is 237 g/mol. The molecule has 0 unspecified atom stereocenters. The van der Waals surface area contributed by atoms with Crippen molar-refractivity contribution in [3.05, 3.63) is 18.0 Å². The zero-order valence-corrected chi connectivity index (χ0v) is 10.9. The lowest BCUT2D eigenvalue weighted by Crippen LogP contribution is -2.38. The molecule has 1 aromatic rings. The first kappa shape index (κ1) is 12.6. The predicted molar refractivity (Wildman–Crippen MR) is 67.7 cm³/mol. The SMILES string of the molecule is CCn1cc(CN(C)CC2(O)CCCC2)cn1. The molecule has 17 heavy (non-hydrogen) atoms. The molecule has 0 amide bonds. The Labute approximate surface area is 103 Å². The number of aryl methyl sites for hydroxylation is 1. The summed E-state index contributed by atoms with van der Waals surface area (Å²) in [5.74, 6) is 0. The van der Waals surface area contributed by atoms with E-state index >= 15 is 0 Å². The zero-order chi connectivity index (χ0) is 12.3. The van der Waals surface area contributed by atoms with Crippen LogP contribution in [-0.2, 0) is 13.1 Å². The highest BCUT2D eigenvalue weighted by atomic mass is 16.3. The van der Waals surface area contributed by atoms with E-state index < -0.39 is 5.60 Å². The monoisotopic (exact) mass is 237 g/mol. The van der Waals surface area contributed by atoms with Crippen molar-refractivity contribution in [2.45, 2.75) is 51.3 Å². The number of likely N-dealkylation sites (N-methyl/N-ethyl adjacent to an activating group) is 1. The van der Waals surface area contributed by atoms with Crippen LogP contribution in [0.4, 0.5) is 0 Å². The molecule has 0 atom stereocenters. The van der Waals surface area contributed by atoms with Crippen LogP contribution in [-0.4, -0.2) is 39.0 Å². The molecule has 1 aliphatic rings. The highest BCUT2D eigenvalue weighted by Crippen LogP contribution is 2.30. The molecule has 96 valence electrons. The Morgan fingerprint density at radius 2 is 2.18 bits per heavy atom. The van der Waals surface area contributed by atoms with Gasteiger partial charge < -0.3 is 5.11 Å². The molecule has 0 bridgehead atoms. The van der Waals surface area contributed by atoms with Crippen molar-refractivity contribution in [1.82, 2.24) is 14.7 Å². The third-order valence-corrected chi connectivity index (χ3v) is 3.56. The van der Waals surface area contributed by atoms with E-state index in [1.165, 1.54) is 5.56 Å². The van der Waals surface area contributed by atoms with Crippen LogP contribution in [0.2, 0.25) is 0 Å². The summed E-state index contributed by atoms with van der Waals surface area (Å²) in [6.07, 6.45) is 8.22. The summed E-state index contributed by atoms with van der Waals surface area (Å²) < 4.78 is 1.94. The van der Waals surface area contributed by atoms with Crippen molar-refractivity contribution in [2.24, 2.45) is 0 Å². The van der Waals surface area contributed by atoms with Crippen LogP contribution in [0.1, 0.15) is 38.2 Å². The summed E-state index contributed by atoms with van der Waals surface area (Å²) in [6.45, 7) is 4.63. The van der Waals surface area contributed by atoms with E-state index in [-0.39, 0.29) is 0 Å². The maximum absolute atomic E-state index is 10.3. The topological polar surface area (TPSA) is 41.3 Å². The first-order chi connectivity index (χ1) is 8.11. The number of aromatic nitrogens is 2. The van der Waals surface area contributed by atoms with Crippen molar-refractivity contribution in [3.8, 4) is 0 Å². The first-order valence-corrected chi connectivity index (χ1v) is 6.53. The van der Waals surface area contributed by atoms with Crippen LogP contribution >= 0.6 is 0 Å². The average Bonchev–Trinajstić information content (AvgIpc) is 2.87. The number of nitrogens with zero attached hydrogens (tertiary/aromatic N) is 3. The smallest absolute Gasteiger partial charge is 0.0774 e. The van der Waals surface area contributed by atoms with Gasteiger partial charge in [0.25, 0.3) is 0 Å². The lowest BCUT2D eigenvalue weighted by atomic mass is 10.0. The van der Waals surface area contributed by atoms with E-state index in [0.717, 1.165) is 45.3 Å². The van der Waals surface area contributed by atoms with E-state index in [0.29, 0.717) is 0 Å². The summed E-state index contributed by atoms with van der Waals surface area (Å²) in [4.78, 5) is 2.20. The van der Waals surface area contributed by atoms with Crippen molar-refractivity contribution in [1.29, 1.82) is 0 Å². The molecule has 0 aliphatic heterocycles. The predicted octanol–water partition coefficient (Wildman–Crippen LogP) is 1.64. The molecule has 0 aromatic carbocycles. The molecule has 1 heterocycles. The number of hydrogen-bond acceptors (Lipinski definition) is 3. The maximum atomic E-state index is 10.3. The standard InChI is InChI=1S/C13H23N3O/c1-3-16-10-12(8-14-16)9-15(2)11-13(17)6-4-5-7-13/h8,10,17H,3-7,9,11H2,1-2H3. The minimum Gasteiger partial charge on any atom is -0.389 e. The normalized spacial score (nSPS) is 19.1. The van der Waals surface area contributed by atoms with E-state index in [1.807, 2.05) is 10.9 Å². The quantitative estimate of drug-likeness (QED) is 0.846. The van der Waals surface area contributed by atoms with Crippen LogP contribution in [0.15, 0.2) is 12.4 Å². The molecule has 1 aromatic heterocycles.